The summed E-state index contributed by atoms with van der Waals surface area (Å²) in [6.45, 7) is 4.20. The predicted molar refractivity (Wildman–Crippen MR) is 76.8 cm³/mol. The number of carbonyl (C=O) groups excluding carboxylic acids is 1. The molecule has 0 aromatic heterocycles. The molecule has 1 aliphatic rings. The van der Waals surface area contributed by atoms with Gasteiger partial charge in [-0.1, -0.05) is 18.2 Å². The molecule has 20 heavy (non-hydrogen) atoms. The first-order chi connectivity index (χ1) is 9.39. The fraction of sp³-hybridized carbons (Fsp3) is 0.467. The topological polar surface area (TPSA) is 78.4 Å². The Bertz CT molecular complexity index is 526. The van der Waals surface area contributed by atoms with Crippen molar-refractivity contribution in [3.63, 3.8) is 0 Å². The average Bonchev–Trinajstić information content (AvgIpc) is 2.35. The van der Waals surface area contributed by atoms with Crippen molar-refractivity contribution in [2.24, 2.45) is 0 Å². The van der Waals surface area contributed by atoms with E-state index >= 15 is 0 Å². The maximum absolute atomic E-state index is 12.4. The maximum Gasteiger partial charge on any atom is 0.305 e. The van der Waals surface area contributed by atoms with E-state index in [0.29, 0.717) is 6.42 Å². The summed E-state index contributed by atoms with van der Waals surface area (Å²) in [4.78, 5) is 23.2. The lowest BCUT2D eigenvalue weighted by Gasteiger charge is -2.30. The molecule has 0 saturated carbocycles. The summed E-state index contributed by atoms with van der Waals surface area (Å²) >= 11 is 0. The van der Waals surface area contributed by atoms with Gasteiger partial charge in [0.15, 0.2) is 0 Å². The standard InChI is InChI=1S/C15H20N2O3/c1-15(2,9-13(18)19)17-14(20)11-7-8-16-12-6-4-3-5-10(11)12/h3-6,11,16H,7-9H2,1-2H3,(H,17,20)(H,18,19). The van der Waals surface area contributed by atoms with E-state index in [9.17, 15) is 9.59 Å². The molecule has 1 atom stereocenters. The number of hydrogen-bond acceptors (Lipinski definition) is 3. The molecule has 1 aromatic carbocycles. The van der Waals surface area contributed by atoms with Crippen molar-refractivity contribution in [2.75, 3.05) is 11.9 Å². The van der Waals surface area contributed by atoms with E-state index < -0.39 is 11.5 Å². The van der Waals surface area contributed by atoms with Gasteiger partial charge in [-0.25, -0.2) is 0 Å². The molecule has 1 heterocycles. The number of benzene rings is 1. The molecule has 1 unspecified atom stereocenters. The molecule has 0 saturated heterocycles. The highest BCUT2D eigenvalue weighted by atomic mass is 16.4. The second-order valence-corrected chi connectivity index (χ2v) is 5.80. The molecule has 3 N–H and O–H groups in total. The molecule has 0 bridgehead atoms. The van der Waals surface area contributed by atoms with E-state index in [0.717, 1.165) is 17.8 Å². The first kappa shape index (κ1) is 14.4. The van der Waals surface area contributed by atoms with Crippen LogP contribution in [0, 0.1) is 0 Å². The molecular formula is C15H20N2O3. The summed E-state index contributed by atoms with van der Waals surface area (Å²) in [6, 6.07) is 7.74. The van der Waals surface area contributed by atoms with Gasteiger partial charge in [0.05, 0.1) is 12.3 Å². The predicted octanol–water partition coefficient (Wildman–Crippen LogP) is 1.96. The summed E-state index contributed by atoms with van der Waals surface area (Å²) < 4.78 is 0. The van der Waals surface area contributed by atoms with E-state index in [1.165, 1.54) is 0 Å². The third-order valence-electron chi connectivity index (χ3n) is 3.46. The minimum atomic E-state index is -0.916. The van der Waals surface area contributed by atoms with Gasteiger partial charge in [-0.15, -0.1) is 0 Å². The van der Waals surface area contributed by atoms with Crippen molar-refractivity contribution in [2.45, 2.75) is 38.1 Å². The first-order valence-corrected chi connectivity index (χ1v) is 6.76. The van der Waals surface area contributed by atoms with E-state index in [2.05, 4.69) is 10.6 Å². The van der Waals surface area contributed by atoms with Crippen LogP contribution in [-0.2, 0) is 9.59 Å². The van der Waals surface area contributed by atoms with Gasteiger partial charge in [0.1, 0.15) is 0 Å². The van der Waals surface area contributed by atoms with Crippen molar-refractivity contribution < 1.29 is 14.7 Å². The number of nitrogens with one attached hydrogen (secondary N) is 2. The minimum Gasteiger partial charge on any atom is -0.481 e. The van der Waals surface area contributed by atoms with Crippen LogP contribution in [0.25, 0.3) is 0 Å². The molecule has 5 nitrogen and oxygen atoms in total. The molecule has 1 aromatic rings. The molecule has 0 fully saturated rings. The van der Waals surface area contributed by atoms with Crippen LogP contribution in [0.2, 0.25) is 0 Å². The van der Waals surface area contributed by atoms with Crippen molar-refractivity contribution in [1.29, 1.82) is 0 Å². The van der Waals surface area contributed by atoms with Gasteiger partial charge in [-0.2, -0.15) is 0 Å². The lowest BCUT2D eigenvalue weighted by atomic mass is 9.89. The zero-order valence-electron chi connectivity index (χ0n) is 11.8. The quantitative estimate of drug-likeness (QED) is 0.785. The molecule has 108 valence electrons. The summed E-state index contributed by atoms with van der Waals surface area (Å²) in [5.41, 5.74) is 1.21. The van der Waals surface area contributed by atoms with Crippen LogP contribution >= 0.6 is 0 Å². The fourth-order valence-electron chi connectivity index (χ4n) is 2.58. The summed E-state index contributed by atoms with van der Waals surface area (Å²) in [5.74, 6) is -1.24. The number of carboxylic acid groups (broad SMARTS) is 1. The van der Waals surface area contributed by atoms with Gasteiger partial charge in [0.25, 0.3) is 0 Å². The van der Waals surface area contributed by atoms with Crippen molar-refractivity contribution in [1.82, 2.24) is 5.32 Å². The minimum absolute atomic E-state index is 0.0919. The third kappa shape index (κ3) is 3.29. The first-order valence-electron chi connectivity index (χ1n) is 6.76. The molecule has 1 aliphatic heterocycles. The Morgan fingerprint density at radius 2 is 2.10 bits per heavy atom. The Kier molecular flexibility index (Phi) is 3.97. The number of carbonyl (C=O) groups is 2. The van der Waals surface area contributed by atoms with Gasteiger partial charge in [0.2, 0.25) is 5.91 Å². The third-order valence-corrected chi connectivity index (χ3v) is 3.46. The largest absolute Gasteiger partial charge is 0.481 e. The van der Waals surface area contributed by atoms with E-state index in [1.807, 2.05) is 24.3 Å². The monoisotopic (exact) mass is 276 g/mol. The lowest BCUT2D eigenvalue weighted by Crippen LogP contribution is -2.47. The second kappa shape index (κ2) is 5.53. The maximum atomic E-state index is 12.4. The fourth-order valence-corrected chi connectivity index (χ4v) is 2.58. The molecular weight excluding hydrogens is 256 g/mol. The van der Waals surface area contributed by atoms with Gasteiger partial charge in [-0.05, 0) is 31.9 Å². The number of fused-ring (bicyclic) bond motifs is 1. The summed E-state index contributed by atoms with van der Waals surface area (Å²) in [6.07, 6.45) is 0.622. The smallest absolute Gasteiger partial charge is 0.305 e. The van der Waals surface area contributed by atoms with Gasteiger partial charge >= 0.3 is 5.97 Å². The highest BCUT2D eigenvalue weighted by molar-refractivity contribution is 5.87. The number of rotatable bonds is 4. The number of para-hydroxylation sites is 1. The Morgan fingerprint density at radius 3 is 2.80 bits per heavy atom. The normalized spacial score (nSPS) is 17.8. The molecule has 5 heteroatoms. The van der Waals surface area contributed by atoms with Crippen LogP contribution in [0.4, 0.5) is 5.69 Å². The SMILES string of the molecule is CC(C)(CC(=O)O)NC(=O)C1CCNc2ccccc21. The number of amides is 1. The lowest BCUT2D eigenvalue weighted by molar-refractivity contribution is -0.138. The van der Waals surface area contributed by atoms with Crippen LogP contribution in [0.15, 0.2) is 24.3 Å². The van der Waals surface area contributed by atoms with E-state index in [1.54, 1.807) is 13.8 Å². The number of hydrogen-bond donors (Lipinski definition) is 3. The highest BCUT2D eigenvalue weighted by Gasteiger charge is 2.31. The Hall–Kier alpha value is -2.04. The second-order valence-electron chi connectivity index (χ2n) is 5.80. The van der Waals surface area contributed by atoms with Gasteiger partial charge in [-0.3, -0.25) is 9.59 Å². The number of aliphatic carboxylic acids is 1. The van der Waals surface area contributed by atoms with Crippen LogP contribution in [0.3, 0.4) is 0 Å². The van der Waals surface area contributed by atoms with E-state index in [4.69, 9.17) is 5.11 Å². The number of carboxylic acids is 1. The molecule has 1 amide bonds. The Balaban J connectivity index is 2.13. The van der Waals surface area contributed by atoms with Gasteiger partial charge in [0, 0.05) is 17.8 Å². The summed E-state index contributed by atoms with van der Waals surface area (Å²) in [7, 11) is 0. The van der Waals surface area contributed by atoms with E-state index in [-0.39, 0.29) is 18.2 Å². The van der Waals surface area contributed by atoms with Crippen LogP contribution < -0.4 is 10.6 Å². The molecule has 0 aliphatic carbocycles. The molecule has 0 spiro atoms. The highest BCUT2D eigenvalue weighted by Crippen LogP contribution is 2.31. The van der Waals surface area contributed by atoms with Crippen LogP contribution in [0.5, 0.6) is 0 Å². The van der Waals surface area contributed by atoms with Crippen LogP contribution in [0.1, 0.15) is 38.2 Å². The average molecular weight is 276 g/mol. The number of anilines is 1. The Labute approximate surface area is 118 Å². The van der Waals surface area contributed by atoms with Crippen molar-refractivity contribution in [3.05, 3.63) is 29.8 Å². The van der Waals surface area contributed by atoms with Crippen molar-refractivity contribution >= 4 is 17.6 Å². The van der Waals surface area contributed by atoms with Crippen LogP contribution in [-0.4, -0.2) is 29.1 Å². The zero-order valence-corrected chi connectivity index (χ0v) is 11.8. The van der Waals surface area contributed by atoms with Crippen molar-refractivity contribution in [3.8, 4) is 0 Å². The molecule has 2 rings (SSSR count). The zero-order chi connectivity index (χ0) is 14.8. The van der Waals surface area contributed by atoms with Gasteiger partial charge < -0.3 is 15.7 Å². The Morgan fingerprint density at radius 1 is 1.40 bits per heavy atom. The molecule has 0 radical (unpaired) electrons. The summed E-state index contributed by atoms with van der Waals surface area (Å²) in [5, 5.41) is 15.0.